The summed E-state index contributed by atoms with van der Waals surface area (Å²) in [5.41, 5.74) is 2.91. The van der Waals surface area contributed by atoms with Crippen LogP contribution in [-0.4, -0.2) is 16.5 Å². The maximum atomic E-state index is 6.24. The van der Waals surface area contributed by atoms with Crippen LogP contribution in [0.25, 0.3) is 0 Å². The Bertz CT molecular complexity index is 572. The molecule has 2 aromatic heterocycles. The molecule has 0 aliphatic heterocycles. The molecule has 0 fully saturated rings. The lowest BCUT2D eigenvalue weighted by atomic mass is 10.0. The Morgan fingerprint density at radius 3 is 2.63 bits per heavy atom. The van der Waals surface area contributed by atoms with Crippen molar-refractivity contribution in [2.45, 2.75) is 19.9 Å². The van der Waals surface area contributed by atoms with Crippen LogP contribution in [0.3, 0.4) is 0 Å². The van der Waals surface area contributed by atoms with E-state index in [2.05, 4.69) is 21.4 Å². The lowest BCUT2D eigenvalue weighted by Gasteiger charge is -2.19. The van der Waals surface area contributed by atoms with Crippen LogP contribution in [0, 0.1) is 6.92 Å². The summed E-state index contributed by atoms with van der Waals surface area (Å²) < 4.78 is 0. The summed E-state index contributed by atoms with van der Waals surface area (Å²) in [6, 6.07) is 3.70. The van der Waals surface area contributed by atoms with Crippen LogP contribution in [0.1, 0.15) is 29.8 Å². The number of aryl methyl sites for hydroxylation is 1. The molecule has 3 nitrogen and oxygen atoms in total. The van der Waals surface area contributed by atoms with E-state index in [1.165, 1.54) is 0 Å². The van der Waals surface area contributed by atoms with Gasteiger partial charge in [-0.3, -0.25) is 9.97 Å². The fourth-order valence-corrected chi connectivity index (χ4v) is 2.44. The van der Waals surface area contributed by atoms with Gasteiger partial charge in [-0.1, -0.05) is 36.2 Å². The van der Waals surface area contributed by atoms with Gasteiger partial charge in [0.25, 0.3) is 0 Å². The molecule has 1 unspecified atom stereocenters. The van der Waals surface area contributed by atoms with Gasteiger partial charge >= 0.3 is 0 Å². The van der Waals surface area contributed by atoms with Crippen molar-refractivity contribution in [1.82, 2.24) is 15.3 Å². The van der Waals surface area contributed by atoms with Crippen LogP contribution >= 0.6 is 23.2 Å². The zero-order chi connectivity index (χ0) is 13.8. The third kappa shape index (κ3) is 3.44. The van der Waals surface area contributed by atoms with E-state index in [1.807, 2.05) is 26.2 Å². The van der Waals surface area contributed by atoms with Gasteiger partial charge in [0.1, 0.15) is 0 Å². The molecular formula is C14H15Cl2N3. The molecule has 1 N–H and O–H groups in total. The Hall–Kier alpha value is -1.16. The summed E-state index contributed by atoms with van der Waals surface area (Å²) >= 11 is 12.1. The van der Waals surface area contributed by atoms with Gasteiger partial charge in [0.05, 0.1) is 21.8 Å². The largest absolute Gasteiger partial charge is 0.305 e. The predicted octanol–water partition coefficient (Wildman–Crippen LogP) is 3.79. The first-order chi connectivity index (χ1) is 9.11. The minimum absolute atomic E-state index is 0.0813. The number of aromatic nitrogens is 2. The van der Waals surface area contributed by atoms with Gasteiger partial charge < -0.3 is 5.32 Å². The first kappa shape index (κ1) is 14.3. The van der Waals surface area contributed by atoms with E-state index in [0.717, 1.165) is 23.4 Å². The minimum atomic E-state index is -0.0813. The maximum Gasteiger partial charge on any atom is 0.0806 e. The number of pyridine rings is 2. The fourth-order valence-electron chi connectivity index (χ4n) is 1.95. The molecule has 0 saturated carbocycles. The van der Waals surface area contributed by atoms with Crippen molar-refractivity contribution in [2.75, 3.05) is 6.54 Å². The Kier molecular flexibility index (Phi) is 4.75. The summed E-state index contributed by atoms with van der Waals surface area (Å²) in [6.07, 6.45) is 5.26. The normalized spacial score (nSPS) is 12.4. The van der Waals surface area contributed by atoms with Crippen LogP contribution in [0.5, 0.6) is 0 Å². The van der Waals surface area contributed by atoms with Crippen LogP contribution in [0.2, 0.25) is 10.0 Å². The van der Waals surface area contributed by atoms with Crippen molar-refractivity contribution in [3.05, 3.63) is 57.6 Å². The molecule has 0 spiro atoms. The average molecular weight is 296 g/mol. The van der Waals surface area contributed by atoms with Gasteiger partial charge in [0.2, 0.25) is 0 Å². The van der Waals surface area contributed by atoms with E-state index in [-0.39, 0.29) is 6.04 Å². The topological polar surface area (TPSA) is 37.8 Å². The summed E-state index contributed by atoms with van der Waals surface area (Å²) in [5, 5.41) is 4.46. The summed E-state index contributed by atoms with van der Waals surface area (Å²) in [5.74, 6) is 0. The smallest absolute Gasteiger partial charge is 0.0806 e. The Morgan fingerprint density at radius 1 is 1.21 bits per heavy atom. The lowest BCUT2D eigenvalue weighted by Crippen LogP contribution is -2.23. The molecule has 0 amide bonds. The summed E-state index contributed by atoms with van der Waals surface area (Å²) in [7, 11) is 0. The van der Waals surface area contributed by atoms with Gasteiger partial charge in [-0.25, -0.2) is 0 Å². The highest BCUT2D eigenvalue weighted by Crippen LogP contribution is 2.28. The molecular weight excluding hydrogens is 281 g/mol. The molecule has 0 bridgehead atoms. The van der Waals surface area contributed by atoms with Gasteiger partial charge in [-0.2, -0.15) is 0 Å². The number of halogens is 2. The molecule has 5 heteroatoms. The van der Waals surface area contributed by atoms with Gasteiger partial charge in [-0.15, -0.1) is 0 Å². The summed E-state index contributed by atoms with van der Waals surface area (Å²) in [6.45, 7) is 4.86. The second-order valence-corrected chi connectivity index (χ2v) is 5.15. The highest BCUT2D eigenvalue weighted by molar-refractivity contribution is 6.34. The zero-order valence-electron chi connectivity index (χ0n) is 10.8. The Morgan fingerprint density at radius 2 is 2.00 bits per heavy atom. The predicted molar refractivity (Wildman–Crippen MR) is 78.8 cm³/mol. The molecule has 0 aliphatic carbocycles. The van der Waals surface area contributed by atoms with Gasteiger partial charge in [0.15, 0.2) is 0 Å². The van der Waals surface area contributed by atoms with E-state index in [0.29, 0.717) is 10.0 Å². The fraction of sp³-hybridized carbons (Fsp3) is 0.286. The standard InChI is InChI=1S/C14H15Cl2N3/c1-3-18-13(10-4-9(2)6-17-7-10)14-12(16)5-11(15)8-19-14/h4-8,13,18H,3H2,1-2H3. The van der Waals surface area contributed by atoms with E-state index in [1.54, 1.807) is 12.3 Å². The lowest BCUT2D eigenvalue weighted by molar-refractivity contribution is 0.613. The van der Waals surface area contributed by atoms with Crippen molar-refractivity contribution in [2.24, 2.45) is 0 Å². The third-order valence-corrected chi connectivity index (χ3v) is 3.26. The minimum Gasteiger partial charge on any atom is -0.305 e. The first-order valence-electron chi connectivity index (χ1n) is 6.07. The molecule has 1 atom stereocenters. The average Bonchev–Trinajstić information content (AvgIpc) is 2.37. The molecule has 19 heavy (non-hydrogen) atoms. The molecule has 0 saturated heterocycles. The molecule has 100 valence electrons. The SMILES string of the molecule is CCNC(c1cncc(C)c1)c1ncc(Cl)cc1Cl. The van der Waals surface area contributed by atoms with Crippen molar-refractivity contribution in [3.8, 4) is 0 Å². The van der Waals surface area contributed by atoms with Gasteiger partial charge in [-0.05, 0) is 30.7 Å². The van der Waals surface area contributed by atoms with Crippen molar-refractivity contribution in [1.29, 1.82) is 0 Å². The number of rotatable bonds is 4. The van der Waals surface area contributed by atoms with Crippen molar-refractivity contribution in [3.63, 3.8) is 0 Å². The van der Waals surface area contributed by atoms with Gasteiger partial charge in [0, 0.05) is 18.6 Å². The molecule has 0 aromatic carbocycles. The Labute approximate surface area is 123 Å². The second-order valence-electron chi connectivity index (χ2n) is 4.31. The van der Waals surface area contributed by atoms with E-state index in [4.69, 9.17) is 23.2 Å². The zero-order valence-corrected chi connectivity index (χ0v) is 12.3. The number of nitrogens with one attached hydrogen (secondary N) is 1. The van der Waals surface area contributed by atoms with Crippen LogP contribution in [-0.2, 0) is 0 Å². The second kappa shape index (κ2) is 6.33. The number of hydrogen-bond acceptors (Lipinski definition) is 3. The molecule has 2 aromatic rings. The van der Waals surface area contributed by atoms with Crippen molar-refractivity contribution >= 4 is 23.2 Å². The van der Waals surface area contributed by atoms with Crippen LogP contribution in [0.4, 0.5) is 0 Å². The van der Waals surface area contributed by atoms with E-state index in [9.17, 15) is 0 Å². The van der Waals surface area contributed by atoms with E-state index >= 15 is 0 Å². The summed E-state index contributed by atoms with van der Waals surface area (Å²) in [4.78, 5) is 8.57. The highest BCUT2D eigenvalue weighted by atomic mass is 35.5. The van der Waals surface area contributed by atoms with Crippen LogP contribution < -0.4 is 5.32 Å². The monoisotopic (exact) mass is 295 g/mol. The van der Waals surface area contributed by atoms with E-state index < -0.39 is 0 Å². The first-order valence-corrected chi connectivity index (χ1v) is 6.83. The Balaban J connectivity index is 2.45. The third-order valence-electron chi connectivity index (χ3n) is 2.75. The molecule has 0 aliphatic rings. The number of hydrogen-bond donors (Lipinski definition) is 1. The quantitative estimate of drug-likeness (QED) is 0.932. The van der Waals surface area contributed by atoms with Crippen molar-refractivity contribution < 1.29 is 0 Å². The highest BCUT2D eigenvalue weighted by Gasteiger charge is 2.18. The maximum absolute atomic E-state index is 6.24. The molecule has 2 rings (SSSR count). The van der Waals surface area contributed by atoms with Crippen LogP contribution in [0.15, 0.2) is 30.7 Å². The molecule has 0 radical (unpaired) electrons. The molecule has 2 heterocycles. The number of nitrogens with zero attached hydrogens (tertiary/aromatic N) is 2.